The van der Waals surface area contributed by atoms with E-state index in [9.17, 15) is 13.2 Å². The van der Waals surface area contributed by atoms with E-state index < -0.39 is 11.7 Å². The molecule has 0 spiro atoms. The summed E-state index contributed by atoms with van der Waals surface area (Å²) in [5.41, 5.74) is 0.266. The van der Waals surface area contributed by atoms with E-state index in [1.165, 1.54) is 12.1 Å². The molecule has 20 heavy (non-hydrogen) atoms. The van der Waals surface area contributed by atoms with Crippen LogP contribution in [0.3, 0.4) is 0 Å². The van der Waals surface area contributed by atoms with Gasteiger partial charge >= 0.3 is 6.18 Å². The van der Waals surface area contributed by atoms with Crippen LogP contribution in [-0.4, -0.2) is 12.1 Å². The lowest BCUT2D eigenvalue weighted by Crippen LogP contribution is -2.38. The zero-order chi connectivity index (χ0) is 15.4. The molecule has 1 rings (SSSR count). The van der Waals surface area contributed by atoms with Gasteiger partial charge in [0.1, 0.15) is 0 Å². The third-order valence-corrected chi connectivity index (χ3v) is 3.16. The van der Waals surface area contributed by atoms with Crippen LogP contribution in [0.5, 0.6) is 0 Å². The molecular formula is C16H24F3N. The molecule has 1 aromatic rings. The van der Waals surface area contributed by atoms with Crippen molar-refractivity contribution >= 4 is 0 Å². The first kappa shape index (κ1) is 17.0. The molecule has 0 aliphatic rings. The van der Waals surface area contributed by atoms with E-state index in [4.69, 9.17) is 0 Å². The minimum atomic E-state index is -4.25. The van der Waals surface area contributed by atoms with E-state index in [-0.39, 0.29) is 5.54 Å². The Labute approximate surface area is 119 Å². The van der Waals surface area contributed by atoms with Crippen molar-refractivity contribution in [3.05, 3.63) is 35.4 Å². The summed E-state index contributed by atoms with van der Waals surface area (Å²) in [6.45, 7) is 9.31. The maximum atomic E-state index is 12.6. The molecule has 0 amide bonds. The van der Waals surface area contributed by atoms with Crippen molar-refractivity contribution < 1.29 is 13.2 Å². The van der Waals surface area contributed by atoms with Gasteiger partial charge in [-0.15, -0.1) is 0 Å². The molecular weight excluding hydrogens is 263 g/mol. The number of nitrogens with one attached hydrogen (secondary N) is 1. The number of alkyl halides is 3. The van der Waals surface area contributed by atoms with Gasteiger partial charge in [-0.2, -0.15) is 13.2 Å². The van der Waals surface area contributed by atoms with E-state index in [0.29, 0.717) is 12.3 Å². The van der Waals surface area contributed by atoms with Gasteiger partial charge < -0.3 is 5.32 Å². The minimum Gasteiger partial charge on any atom is -0.312 e. The summed E-state index contributed by atoms with van der Waals surface area (Å²) >= 11 is 0. The monoisotopic (exact) mass is 287 g/mol. The van der Waals surface area contributed by atoms with Crippen LogP contribution in [0.1, 0.15) is 45.2 Å². The molecule has 0 saturated carbocycles. The molecule has 1 unspecified atom stereocenters. The SMILES string of the molecule is CC(CCc1cccc(C(F)(F)F)c1)CNC(C)(C)C. The fourth-order valence-electron chi connectivity index (χ4n) is 1.90. The second kappa shape index (κ2) is 6.61. The number of hydrogen-bond donors (Lipinski definition) is 1. The van der Waals surface area contributed by atoms with Gasteiger partial charge in [-0.1, -0.05) is 25.1 Å². The summed E-state index contributed by atoms with van der Waals surface area (Å²) in [7, 11) is 0. The number of aryl methyl sites for hydroxylation is 1. The van der Waals surface area contributed by atoms with Crippen LogP contribution in [0.2, 0.25) is 0 Å². The summed E-state index contributed by atoms with van der Waals surface area (Å²) in [6, 6.07) is 5.62. The van der Waals surface area contributed by atoms with Gasteiger partial charge in [-0.05, 0) is 57.7 Å². The highest BCUT2D eigenvalue weighted by Crippen LogP contribution is 2.29. The lowest BCUT2D eigenvalue weighted by molar-refractivity contribution is -0.137. The van der Waals surface area contributed by atoms with Crippen molar-refractivity contribution in [2.75, 3.05) is 6.54 Å². The van der Waals surface area contributed by atoms with Crippen LogP contribution < -0.4 is 5.32 Å². The molecule has 0 saturated heterocycles. The number of halogens is 3. The molecule has 4 heteroatoms. The van der Waals surface area contributed by atoms with Gasteiger partial charge in [0, 0.05) is 5.54 Å². The van der Waals surface area contributed by atoms with Crippen LogP contribution in [0.15, 0.2) is 24.3 Å². The molecule has 1 nitrogen and oxygen atoms in total. The number of hydrogen-bond acceptors (Lipinski definition) is 1. The highest BCUT2D eigenvalue weighted by atomic mass is 19.4. The van der Waals surface area contributed by atoms with Gasteiger partial charge in [0.2, 0.25) is 0 Å². The third-order valence-electron chi connectivity index (χ3n) is 3.16. The first-order valence-corrected chi connectivity index (χ1v) is 6.99. The van der Waals surface area contributed by atoms with Crippen molar-refractivity contribution in [2.45, 2.75) is 52.3 Å². The quantitative estimate of drug-likeness (QED) is 0.830. The summed E-state index contributed by atoms with van der Waals surface area (Å²) in [5, 5.41) is 3.41. The Bertz CT molecular complexity index is 418. The predicted octanol–water partition coefficient (Wildman–Crippen LogP) is 4.66. The summed E-state index contributed by atoms with van der Waals surface area (Å²) in [4.78, 5) is 0. The third kappa shape index (κ3) is 6.42. The van der Waals surface area contributed by atoms with Crippen molar-refractivity contribution in [3.63, 3.8) is 0 Å². The van der Waals surface area contributed by atoms with E-state index in [0.717, 1.165) is 24.6 Å². The van der Waals surface area contributed by atoms with Gasteiger partial charge in [-0.25, -0.2) is 0 Å². The van der Waals surface area contributed by atoms with Crippen molar-refractivity contribution in [2.24, 2.45) is 5.92 Å². The molecule has 0 aliphatic carbocycles. The van der Waals surface area contributed by atoms with Crippen LogP contribution >= 0.6 is 0 Å². The summed E-state index contributed by atoms with van der Waals surface area (Å²) < 4.78 is 37.8. The maximum absolute atomic E-state index is 12.6. The second-order valence-corrected chi connectivity index (χ2v) is 6.47. The average Bonchev–Trinajstić information content (AvgIpc) is 2.32. The Kier molecular flexibility index (Phi) is 5.63. The lowest BCUT2D eigenvalue weighted by Gasteiger charge is -2.23. The fraction of sp³-hybridized carbons (Fsp3) is 0.625. The predicted molar refractivity (Wildman–Crippen MR) is 76.7 cm³/mol. The first-order valence-electron chi connectivity index (χ1n) is 6.99. The highest BCUT2D eigenvalue weighted by Gasteiger charge is 2.30. The molecule has 1 atom stereocenters. The molecule has 0 bridgehead atoms. The normalized spacial score (nSPS) is 14.3. The Morgan fingerprint density at radius 1 is 1.15 bits per heavy atom. The zero-order valence-electron chi connectivity index (χ0n) is 12.6. The van der Waals surface area contributed by atoms with Gasteiger partial charge in [0.15, 0.2) is 0 Å². The van der Waals surface area contributed by atoms with E-state index in [2.05, 4.69) is 33.0 Å². The van der Waals surface area contributed by atoms with Crippen LogP contribution in [0.4, 0.5) is 13.2 Å². The minimum absolute atomic E-state index is 0.0739. The van der Waals surface area contributed by atoms with E-state index >= 15 is 0 Å². The summed E-state index contributed by atoms with van der Waals surface area (Å²) in [5.74, 6) is 0.434. The Morgan fingerprint density at radius 2 is 1.80 bits per heavy atom. The fourth-order valence-corrected chi connectivity index (χ4v) is 1.90. The van der Waals surface area contributed by atoms with Crippen LogP contribution in [0.25, 0.3) is 0 Å². The number of benzene rings is 1. The zero-order valence-corrected chi connectivity index (χ0v) is 12.6. The molecule has 1 N–H and O–H groups in total. The molecule has 0 aliphatic heterocycles. The maximum Gasteiger partial charge on any atom is 0.416 e. The standard InChI is InChI=1S/C16H24F3N/c1-12(11-20-15(2,3)4)8-9-13-6-5-7-14(10-13)16(17,18)19/h5-7,10,12,20H,8-9,11H2,1-4H3. The molecule has 1 aromatic carbocycles. The summed E-state index contributed by atoms with van der Waals surface area (Å²) in [6.07, 6.45) is -2.70. The van der Waals surface area contributed by atoms with Crippen LogP contribution in [-0.2, 0) is 12.6 Å². The molecule has 114 valence electrons. The second-order valence-electron chi connectivity index (χ2n) is 6.47. The smallest absolute Gasteiger partial charge is 0.312 e. The first-order chi connectivity index (χ1) is 9.08. The number of rotatable bonds is 5. The Hall–Kier alpha value is -1.03. The largest absolute Gasteiger partial charge is 0.416 e. The molecule has 0 fully saturated rings. The van der Waals surface area contributed by atoms with Crippen molar-refractivity contribution in [3.8, 4) is 0 Å². The van der Waals surface area contributed by atoms with Crippen LogP contribution in [0, 0.1) is 5.92 Å². The van der Waals surface area contributed by atoms with E-state index in [1.54, 1.807) is 6.07 Å². The molecule has 0 heterocycles. The molecule has 0 radical (unpaired) electrons. The average molecular weight is 287 g/mol. The lowest BCUT2D eigenvalue weighted by atomic mass is 9.98. The van der Waals surface area contributed by atoms with Gasteiger partial charge in [0.25, 0.3) is 0 Å². The highest BCUT2D eigenvalue weighted by molar-refractivity contribution is 5.25. The Morgan fingerprint density at radius 3 is 2.35 bits per heavy atom. The van der Waals surface area contributed by atoms with E-state index in [1.807, 2.05) is 0 Å². The van der Waals surface area contributed by atoms with Crippen molar-refractivity contribution in [1.29, 1.82) is 0 Å². The topological polar surface area (TPSA) is 12.0 Å². The molecule has 0 aromatic heterocycles. The van der Waals surface area contributed by atoms with Gasteiger partial charge in [-0.3, -0.25) is 0 Å². The van der Waals surface area contributed by atoms with Gasteiger partial charge in [0.05, 0.1) is 5.56 Å². The Balaban J connectivity index is 2.50. The van der Waals surface area contributed by atoms with Crippen molar-refractivity contribution in [1.82, 2.24) is 5.32 Å².